The molecule has 2 aliphatic rings. The fraction of sp³-hybridized carbons (Fsp3) is 0.471. The molecule has 0 bridgehead atoms. The summed E-state index contributed by atoms with van der Waals surface area (Å²) in [6.07, 6.45) is 5.88. The minimum absolute atomic E-state index is 0.616. The van der Waals surface area contributed by atoms with Gasteiger partial charge >= 0.3 is 0 Å². The van der Waals surface area contributed by atoms with Crippen molar-refractivity contribution >= 4 is 11.8 Å². The summed E-state index contributed by atoms with van der Waals surface area (Å²) in [5.74, 6) is 0. The predicted octanol–water partition coefficient (Wildman–Crippen LogP) is 3.16. The highest BCUT2D eigenvalue weighted by Crippen LogP contribution is 2.37. The largest absolute Gasteiger partial charge is 0.310 e. The first kappa shape index (κ1) is 13.4. The van der Waals surface area contributed by atoms with Crippen molar-refractivity contribution in [1.82, 2.24) is 15.1 Å². The summed E-state index contributed by atoms with van der Waals surface area (Å²) >= 11 is 2.00. The first-order chi connectivity index (χ1) is 10.3. The van der Waals surface area contributed by atoms with Crippen molar-refractivity contribution in [3.8, 4) is 0 Å². The Morgan fingerprint density at radius 3 is 3.00 bits per heavy atom. The Morgan fingerprint density at radius 1 is 1.33 bits per heavy atom. The van der Waals surface area contributed by atoms with E-state index < -0.39 is 0 Å². The third-order valence-electron chi connectivity index (χ3n) is 4.45. The van der Waals surface area contributed by atoms with Gasteiger partial charge in [-0.05, 0) is 37.8 Å². The molecule has 21 heavy (non-hydrogen) atoms. The molecule has 1 N–H and O–H groups in total. The summed E-state index contributed by atoms with van der Waals surface area (Å²) in [6, 6.07) is 9.52. The molecule has 110 valence electrons. The van der Waals surface area contributed by atoms with Crippen LogP contribution in [-0.2, 0) is 19.5 Å². The van der Waals surface area contributed by atoms with E-state index in [9.17, 15) is 0 Å². The third-order valence-corrected chi connectivity index (χ3v) is 5.76. The lowest BCUT2D eigenvalue weighted by Gasteiger charge is -2.11. The van der Waals surface area contributed by atoms with E-state index in [1.165, 1.54) is 34.6 Å². The van der Waals surface area contributed by atoms with Crippen molar-refractivity contribution in [2.24, 2.45) is 0 Å². The van der Waals surface area contributed by atoms with E-state index in [0.717, 1.165) is 25.6 Å². The molecule has 1 aliphatic carbocycles. The summed E-state index contributed by atoms with van der Waals surface area (Å²) < 4.78 is 2.19. The molecular weight excluding hydrogens is 278 g/mol. The van der Waals surface area contributed by atoms with Gasteiger partial charge in [0.15, 0.2) is 0 Å². The van der Waals surface area contributed by atoms with Crippen LogP contribution in [0.15, 0.2) is 35.4 Å². The number of hydrogen-bond donors (Lipinski definition) is 1. The van der Waals surface area contributed by atoms with Gasteiger partial charge in [0.1, 0.15) is 0 Å². The van der Waals surface area contributed by atoms with Crippen molar-refractivity contribution < 1.29 is 0 Å². The molecule has 0 saturated heterocycles. The van der Waals surface area contributed by atoms with E-state index in [0.29, 0.717) is 5.25 Å². The van der Waals surface area contributed by atoms with Crippen molar-refractivity contribution in [2.45, 2.75) is 55.5 Å². The lowest BCUT2D eigenvalue weighted by molar-refractivity contribution is 0.578. The third kappa shape index (κ3) is 2.87. The molecule has 4 heteroatoms. The lowest BCUT2D eigenvalue weighted by Crippen LogP contribution is -2.17. The second kappa shape index (κ2) is 5.50. The Morgan fingerprint density at radius 2 is 2.19 bits per heavy atom. The zero-order chi connectivity index (χ0) is 14.2. The second-order valence-electron chi connectivity index (χ2n) is 6.14. The van der Waals surface area contributed by atoms with E-state index in [4.69, 9.17) is 0 Å². The summed E-state index contributed by atoms with van der Waals surface area (Å²) in [4.78, 5) is 1.45. The molecule has 1 unspecified atom stereocenters. The van der Waals surface area contributed by atoms with Gasteiger partial charge in [-0.2, -0.15) is 5.10 Å². The summed E-state index contributed by atoms with van der Waals surface area (Å²) in [7, 11) is 0. The normalized spacial score (nSPS) is 20.7. The van der Waals surface area contributed by atoms with E-state index in [-0.39, 0.29) is 0 Å². The van der Waals surface area contributed by atoms with Crippen LogP contribution in [0.5, 0.6) is 0 Å². The molecule has 1 aliphatic heterocycles. The highest BCUT2D eigenvalue weighted by atomic mass is 32.2. The SMILES string of the molecule is Cc1c(CNC2CC2)cnn1CC1Cc2ccccc2S1. The molecule has 0 amide bonds. The molecule has 4 rings (SSSR count). The van der Waals surface area contributed by atoms with Gasteiger partial charge in [0.05, 0.1) is 12.7 Å². The average molecular weight is 299 g/mol. The zero-order valence-corrected chi connectivity index (χ0v) is 13.2. The number of benzene rings is 1. The van der Waals surface area contributed by atoms with Crippen molar-refractivity contribution in [3.05, 3.63) is 47.3 Å². The Balaban J connectivity index is 1.41. The summed E-state index contributed by atoms with van der Waals surface area (Å²) in [5, 5.41) is 8.80. The van der Waals surface area contributed by atoms with Crippen molar-refractivity contribution in [3.63, 3.8) is 0 Å². The molecule has 1 aromatic heterocycles. The first-order valence-electron chi connectivity index (χ1n) is 7.79. The van der Waals surface area contributed by atoms with Crippen LogP contribution in [0.25, 0.3) is 0 Å². The van der Waals surface area contributed by atoms with Gasteiger partial charge in [-0.15, -0.1) is 11.8 Å². The fourth-order valence-electron chi connectivity index (χ4n) is 2.93. The number of nitrogens with one attached hydrogen (secondary N) is 1. The minimum Gasteiger partial charge on any atom is -0.310 e. The van der Waals surface area contributed by atoms with Gasteiger partial charge in [-0.3, -0.25) is 4.68 Å². The van der Waals surface area contributed by atoms with Crippen molar-refractivity contribution in [2.75, 3.05) is 0 Å². The van der Waals surface area contributed by atoms with Crippen LogP contribution >= 0.6 is 11.8 Å². The monoisotopic (exact) mass is 299 g/mol. The Bertz CT molecular complexity index is 620. The molecule has 0 spiro atoms. The molecular formula is C17H21N3S. The number of fused-ring (bicyclic) bond motifs is 1. The number of nitrogens with zero attached hydrogens (tertiary/aromatic N) is 2. The van der Waals surface area contributed by atoms with E-state index in [1.54, 1.807) is 0 Å². The molecule has 1 saturated carbocycles. The highest BCUT2D eigenvalue weighted by Gasteiger charge is 2.24. The van der Waals surface area contributed by atoms with Crippen LogP contribution in [0.3, 0.4) is 0 Å². The van der Waals surface area contributed by atoms with Gasteiger partial charge in [-0.25, -0.2) is 0 Å². The minimum atomic E-state index is 0.616. The van der Waals surface area contributed by atoms with Crippen LogP contribution in [0, 0.1) is 6.92 Å². The Labute approximate surface area is 130 Å². The van der Waals surface area contributed by atoms with Gasteiger partial charge in [-0.1, -0.05) is 18.2 Å². The van der Waals surface area contributed by atoms with Gasteiger partial charge in [0, 0.05) is 34.0 Å². The van der Waals surface area contributed by atoms with E-state index in [1.807, 2.05) is 18.0 Å². The number of thioether (sulfide) groups is 1. The summed E-state index contributed by atoms with van der Waals surface area (Å²) in [5.41, 5.74) is 4.16. The molecule has 1 atom stereocenters. The Kier molecular flexibility index (Phi) is 3.51. The number of rotatable bonds is 5. The van der Waals surface area contributed by atoms with Gasteiger partial charge in [0.2, 0.25) is 0 Å². The highest BCUT2D eigenvalue weighted by molar-refractivity contribution is 8.00. The average Bonchev–Trinajstić information content (AvgIpc) is 3.14. The lowest BCUT2D eigenvalue weighted by atomic mass is 10.1. The molecule has 1 aromatic carbocycles. The van der Waals surface area contributed by atoms with Crippen LogP contribution in [0.2, 0.25) is 0 Å². The first-order valence-corrected chi connectivity index (χ1v) is 8.67. The fourth-order valence-corrected chi connectivity index (χ4v) is 4.23. The maximum atomic E-state index is 4.60. The van der Waals surface area contributed by atoms with Crippen LogP contribution in [0.4, 0.5) is 0 Å². The maximum Gasteiger partial charge on any atom is 0.0538 e. The van der Waals surface area contributed by atoms with Crippen molar-refractivity contribution in [1.29, 1.82) is 0 Å². The zero-order valence-electron chi connectivity index (χ0n) is 12.4. The molecule has 2 heterocycles. The number of aromatic nitrogens is 2. The number of hydrogen-bond acceptors (Lipinski definition) is 3. The topological polar surface area (TPSA) is 29.9 Å². The standard InChI is InChI=1S/C17H21N3S/c1-12-14(9-18-15-6-7-15)10-19-20(12)11-16-8-13-4-2-3-5-17(13)21-16/h2-5,10,15-16,18H,6-9,11H2,1H3. The maximum absolute atomic E-state index is 4.60. The molecule has 1 fully saturated rings. The van der Waals surface area contributed by atoms with E-state index in [2.05, 4.69) is 46.3 Å². The van der Waals surface area contributed by atoms with Gasteiger partial charge < -0.3 is 5.32 Å². The second-order valence-corrected chi connectivity index (χ2v) is 7.49. The smallest absolute Gasteiger partial charge is 0.0538 e. The molecule has 2 aromatic rings. The predicted molar refractivity (Wildman–Crippen MR) is 86.6 cm³/mol. The van der Waals surface area contributed by atoms with Crippen LogP contribution in [0.1, 0.15) is 29.7 Å². The molecule has 0 radical (unpaired) electrons. The van der Waals surface area contributed by atoms with E-state index >= 15 is 0 Å². The molecule has 3 nitrogen and oxygen atoms in total. The summed E-state index contributed by atoms with van der Waals surface area (Å²) in [6.45, 7) is 4.17. The van der Waals surface area contributed by atoms with Crippen LogP contribution < -0.4 is 5.32 Å². The quantitative estimate of drug-likeness (QED) is 0.920. The van der Waals surface area contributed by atoms with Gasteiger partial charge in [0.25, 0.3) is 0 Å². The van der Waals surface area contributed by atoms with Crippen LogP contribution in [-0.4, -0.2) is 21.1 Å². The Hall–Kier alpha value is -1.26.